The van der Waals surface area contributed by atoms with Crippen LogP contribution in [0.5, 0.6) is 0 Å². The van der Waals surface area contributed by atoms with Crippen molar-refractivity contribution in [1.29, 1.82) is 5.26 Å². The number of aryl methyl sites for hydroxylation is 2. The van der Waals surface area contributed by atoms with Gasteiger partial charge in [0.1, 0.15) is 11.6 Å². The average Bonchev–Trinajstić information content (AvgIpc) is 3.11. The molecule has 0 atom stereocenters. The van der Waals surface area contributed by atoms with Crippen LogP contribution in [-0.2, 0) is 19.6 Å². The molecule has 0 saturated carbocycles. The minimum atomic E-state index is -3.86. The van der Waals surface area contributed by atoms with E-state index in [0.717, 1.165) is 15.3 Å². The number of nitrogens with zero attached hydrogens (tertiary/aromatic N) is 3. The number of hydrogen-bond donors (Lipinski definition) is 0. The van der Waals surface area contributed by atoms with E-state index in [4.69, 9.17) is 10.00 Å². The first-order valence-corrected chi connectivity index (χ1v) is 9.22. The van der Waals surface area contributed by atoms with Crippen LogP contribution in [-0.4, -0.2) is 30.0 Å². The predicted molar refractivity (Wildman–Crippen MR) is 88.8 cm³/mol. The van der Waals surface area contributed by atoms with E-state index < -0.39 is 16.0 Å². The summed E-state index contributed by atoms with van der Waals surface area (Å²) in [4.78, 5) is 15.8. The van der Waals surface area contributed by atoms with Gasteiger partial charge in [-0.3, -0.25) is 0 Å². The van der Waals surface area contributed by atoms with Crippen LogP contribution in [0.4, 0.5) is 0 Å². The molecule has 9 heteroatoms. The zero-order chi connectivity index (χ0) is 17.9. The van der Waals surface area contributed by atoms with E-state index in [-0.39, 0.29) is 22.1 Å². The van der Waals surface area contributed by atoms with Crippen molar-refractivity contribution in [2.75, 3.05) is 6.61 Å². The van der Waals surface area contributed by atoms with Crippen molar-refractivity contribution in [3.63, 3.8) is 0 Å². The molecule has 0 saturated heterocycles. The van der Waals surface area contributed by atoms with Gasteiger partial charge in [-0.15, -0.1) is 11.3 Å². The second kappa shape index (κ2) is 6.98. The Labute approximate surface area is 143 Å². The molecule has 2 heterocycles. The molecule has 0 aromatic carbocycles. The van der Waals surface area contributed by atoms with Gasteiger partial charge in [0.2, 0.25) is 0 Å². The lowest BCUT2D eigenvalue weighted by Crippen LogP contribution is -2.14. The molecular formula is C15H15N3O4S2. The third-order valence-corrected chi connectivity index (χ3v) is 6.37. The zero-order valence-corrected chi connectivity index (χ0v) is 14.9. The van der Waals surface area contributed by atoms with E-state index in [1.165, 1.54) is 24.4 Å². The van der Waals surface area contributed by atoms with Gasteiger partial charge in [0.05, 0.1) is 23.0 Å². The van der Waals surface area contributed by atoms with Gasteiger partial charge < -0.3 is 4.74 Å². The summed E-state index contributed by atoms with van der Waals surface area (Å²) in [7, 11) is -3.86. The summed E-state index contributed by atoms with van der Waals surface area (Å²) in [5.74, 6) is -0.796. The molecule has 0 fully saturated rings. The summed E-state index contributed by atoms with van der Waals surface area (Å²) in [5, 5.41) is 9.73. The molecule has 0 bridgehead atoms. The fourth-order valence-corrected chi connectivity index (χ4v) is 4.93. The molecule has 126 valence electrons. The van der Waals surface area contributed by atoms with Gasteiger partial charge >= 0.3 is 5.97 Å². The number of rotatable bonds is 5. The largest absolute Gasteiger partial charge is 0.462 e. The number of carbonyl (C=O) groups excluding carboxylic acids is 1. The molecule has 0 N–H and O–H groups in total. The number of esters is 1. The van der Waals surface area contributed by atoms with Crippen LogP contribution < -0.4 is 0 Å². The quantitative estimate of drug-likeness (QED) is 0.457. The van der Waals surface area contributed by atoms with Crippen LogP contribution in [0, 0.1) is 25.2 Å². The molecule has 24 heavy (non-hydrogen) atoms. The van der Waals surface area contributed by atoms with Gasteiger partial charge in [-0.25, -0.2) is 13.8 Å². The summed E-state index contributed by atoms with van der Waals surface area (Å²) in [6.07, 6.45) is 2.55. The molecule has 0 aliphatic carbocycles. The van der Waals surface area contributed by atoms with Crippen molar-refractivity contribution in [2.24, 2.45) is 0 Å². The van der Waals surface area contributed by atoms with E-state index in [1.54, 1.807) is 26.8 Å². The van der Waals surface area contributed by atoms with Crippen molar-refractivity contribution in [2.45, 2.75) is 25.0 Å². The Morgan fingerprint density at radius 3 is 2.75 bits per heavy atom. The Morgan fingerprint density at radius 2 is 2.21 bits per heavy atom. The van der Waals surface area contributed by atoms with E-state index in [1.807, 2.05) is 0 Å². The molecule has 0 radical (unpaired) electrons. The lowest BCUT2D eigenvalue weighted by atomic mass is 10.2. The van der Waals surface area contributed by atoms with Gasteiger partial charge in [0, 0.05) is 6.20 Å². The van der Waals surface area contributed by atoms with Gasteiger partial charge in [0.25, 0.3) is 10.0 Å². The highest BCUT2D eigenvalue weighted by molar-refractivity contribution is 7.92. The Kier molecular flexibility index (Phi) is 5.21. The number of thiazole rings is 1. The van der Waals surface area contributed by atoms with Crippen LogP contribution >= 0.6 is 11.3 Å². The highest BCUT2D eigenvalue weighted by atomic mass is 32.2. The summed E-state index contributed by atoms with van der Waals surface area (Å²) in [5.41, 5.74) is 0.321. The topological polar surface area (TPSA) is 102 Å². The first-order valence-electron chi connectivity index (χ1n) is 6.97. The molecule has 7 nitrogen and oxygen atoms in total. The molecule has 0 unspecified atom stereocenters. The fourth-order valence-electron chi connectivity index (χ4n) is 2.04. The number of hydrogen-bond acceptors (Lipinski definition) is 7. The van der Waals surface area contributed by atoms with E-state index in [9.17, 15) is 13.2 Å². The molecule has 0 amide bonds. The summed E-state index contributed by atoms with van der Waals surface area (Å²) in [6.45, 7) is 5.09. The van der Waals surface area contributed by atoms with Crippen LogP contribution in [0.15, 0.2) is 28.1 Å². The molecule has 0 aliphatic heterocycles. The standard InChI is InChI=1S/C15H15N3O4S2/c1-4-22-14(19)12(9-16)8-13-6-5-7-18(13)24(20,21)15-10(2)17-11(3)23-15/h5-8H,4H2,1-3H3/b12-8-. The number of carbonyl (C=O) groups is 1. The minimum Gasteiger partial charge on any atom is -0.462 e. The highest BCUT2D eigenvalue weighted by Crippen LogP contribution is 2.27. The van der Waals surface area contributed by atoms with Crippen molar-refractivity contribution in [3.05, 3.63) is 40.3 Å². The van der Waals surface area contributed by atoms with Crippen molar-refractivity contribution in [1.82, 2.24) is 8.96 Å². The summed E-state index contributed by atoms with van der Waals surface area (Å²) in [6, 6.07) is 4.75. The van der Waals surface area contributed by atoms with E-state index in [0.29, 0.717) is 10.7 Å². The summed E-state index contributed by atoms with van der Waals surface area (Å²) < 4.78 is 31.6. The predicted octanol–water partition coefficient (Wildman–Crippen LogP) is 2.27. The molecule has 2 rings (SSSR count). The van der Waals surface area contributed by atoms with Crippen molar-refractivity contribution >= 4 is 33.4 Å². The fraction of sp³-hybridized carbons (Fsp3) is 0.267. The SMILES string of the molecule is CCOC(=O)/C(C#N)=C\c1cccn1S(=O)(=O)c1sc(C)nc1C. The maximum Gasteiger partial charge on any atom is 0.348 e. The van der Waals surface area contributed by atoms with Crippen LogP contribution in [0.3, 0.4) is 0 Å². The minimum absolute atomic E-state index is 0.122. The van der Waals surface area contributed by atoms with E-state index >= 15 is 0 Å². The van der Waals surface area contributed by atoms with Crippen LogP contribution in [0.25, 0.3) is 6.08 Å². The third-order valence-electron chi connectivity index (χ3n) is 3.01. The Hall–Kier alpha value is -2.44. The van der Waals surface area contributed by atoms with Crippen LogP contribution in [0.2, 0.25) is 0 Å². The lowest BCUT2D eigenvalue weighted by Gasteiger charge is -2.07. The Morgan fingerprint density at radius 1 is 1.50 bits per heavy atom. The number of aromatic nitrogens is 2. The van der Waals surface area contributed by atoms with Gasteiger partial charge in [-0.2, -0.15) is 13.7 Å². The Balaban J connectivity index is 2.53. The molecule has 2 aromatic rings. The van der Waals surface area contributed by atoms with Crippen molar-refractivity contribution < 1.29 is 17.9 Å². The smallest absolute Gasteiger partial charge is 0.348 e. The Bertz CT molecular complexity index is 946. The molecular weight excluding hydrogens is 350 g/mol. The average molecular weight is 365 g/mol. The maximum absolute atomic E-state index is 12.8. The van der Waals surface area contributed by atoms with E-state index in [2.05, 4.69) is 4.98 Å². The number of ether oxygens (including phenoxy) is 1. The molecule has 0 aliphatic rings. The zero-order valence-electron chi connectivity index (χ0n) is 13.3. The molecule has 2 aromatic heterocycles. The highest BCUT2D eigenvalue weighted by Gasteiger charge is 2.24. The summed E-state index contributed by atoms with van der Waals surface area (Å²) >= 11 is 1.07. The first kappa shape index (κ1) is 17.9. The molecule has 0 spiro atoms. The lowest BCUT2D eigenvalue weighted by molar-refractivity contribution is -0.137. The third kappa shape index (κ3) is 3.39. The second-order valence-corrected chi connectivity index (χ2v) is 7.94. The van der Waals surface area contributed by atoms with Gasteiger partial charge in [-0.05, 0) is 39.0 Å². The van der Waals surface area contributed by atoms with Gasteiger partial charge in [-0.1, -0.05) is 0 Å². The number of nitriles is 1. The first-order chi connectivity index (χ1) is 11.3. The monoisotopic (exact) mass is 365 g/mol. The second-order valence-electron chi connectivity index (χ2n) is 4.73. The van der Waals surface area contributed by atoms with Crippen LogP contribution in [0.1, 0.15) is 23.3 Å². The van der Waals surface area contributed by atoms with Gasteiger partial charge in [0.15, 0.2) is 4.21 Å². The van der Waals surface area contributed by atoms with Crippen molar-refractivity contribution in [3.8, 4) is 6.07 Å². The maximum atomic E-state index is 12.8. The normalized spacial score (nSPS) is 12.0.